The van der Waals surface area contributed by atoms with Crippen molar-refractivity contribution in [3.63, 3.8) is 0 Å². The summed E-state index contributed by atoms with van der Waals surface area (Å²) in [7, 11) is 0. The molecule has 0 aliphatic carbocycles. The van der Waals surface area contributed by atoms with Gasteiger partial charge in [-0.15, -0.1) is 0 Å². The molecule has 0 bridgehead atoms. The Hall–Kier alpha value is -3.19. The Kier molecular flexibility index (Phi) is 7.78. The number of benzene rings is 2. The Morgan fingerprint density at radius 1 is 1.10 bits per heavy atom. The number of amides is 2. The summed E-state index contributed by atoms with van der Waals surface area (Å²) in [5.41, 5.74) is 3.06. The molecular formula is C24H30N4O3. The largest absolute Gasteiger partial charge is 0.376 e. The van der Waals surface area contributed by atoms with Crippen LogP contribution < -0.4 is 16.0 Å². The van der Waals surface area contributed by atoms with Crippen molar-refractivity contribution in [2.75, 3.05) is 23.8 Å². The molecule has 0 spiro atoms. The van der Waals surface area contributed by atoms with E-state index in [1.165, 1.54) is 12.5 Å². The van der Waals surface area contributed by atoms with Gasteiger partial charge >= 0.3 is 0 Å². The number of rotatable bonds is 6. The fraction of sp³-hybridized carbons (Fsp3) is 0.375. The molecule has 3 rings (SSSR count). The summed E-state index contributed by atoms with van der Waals surface area (Å²) < 4.78 is 5.65. The lowest BCUT2D eigenvalue weighted by Crippen LogP contribution is -2.36. The molecule has 1 fully saturated rings. The second-order valence-corrected chi connectivity index (χ2v) is 7.94. The Labute approximate surface area is 183 Å². The van der Waals surface area contributed by atoms with Crippen LogP contribution in [0.15, 0.2) is 53.5 Å². The third kappa shape index (κ3) is 6.93. The molecule has 1 heterocycles. The first-order chi connectivity index (χ1) is 14.9. The molecule has 1 aliphatic rings. The third-order valence-electron chi connectivity index (χ3n) is 4.99. The summed E-state index contributed by atoms with van der Waals surface area (Å²) in [6.45, 7) is 6.94. The van der Waals surface area contributed by atoms with Gasteiger partial charge in [0.05, 0.1) is 12.6 Å². The van der Waals surface area contributed by atoms with Crippen molar-refractivity contribution >= 4 is 29.1 Å². The van der Waals surface area contributed by atoms with Crippen LogP contribution in [0.25, 0.3) is 0 Å². The fourth-order valence-electron chi connectivity index (χ4n) is 3.30. The number of hydrogen-bond donors (Lipinski definition) is 3. The molecular weight excluding hydrogens is 392 g/mol. The summed E-state index contributed by atoms with van der Waals surface area (Å²) in [5, 5.41) is 8.75. The number of carbonyl (C=O) groups excluding carboxylic acids is 2. The number of ether oxygens (including phenoxy) is 1. The van der Waals surface area contributed by atoms with E-state index >= 15 is 0 Å². The molecule has 0 unspecified atom stereocenters. The second kappa shape index (κ2) is 10.7. The van der Waals surface area contributed by atoms with Crippen LogP contribution in [0, 0.1) is 0 Å². The molecule has 0 saturated carbocycles. The number of hydrogen-bond acceptors (Lipinski definition) is 4. The van der Waals surface area contributed by atoms with Gasteiger partial charge in [0, 0.05) is 30.5 Å². The van der Waals surface area contributed by atoms with Crippen LogP contribution in [0.4, 0.5) is 11.4 Å². The highest BCUT2D eigenvalue weighted by Crippen LogP contribution is 2.18. The van der Waals surface area contributed by atoms with Gasteiger partial charge in [-0.05, 0) is 54.7 Å². The van der Waals surface area contributed by atoms with Gasteiger partial charge in [-0.1, -0.05) is 32.0 Å². The van der Waals surface area contributed by atoms with Crippen molar-refractivity contribution < 1.29 is 14.3 Å². The molecule has 1 saturated heterocycles. The molecule has 3 N–H and O–H groups in total. The number of nitrogens with zero attached hydrogens (tertiary/aromatic N) is 1. The van der Waals surface area contributed by atoms with E-state index in [-0.39, 0.29) is 17.9 Å². The van der Waals surface area contributed by atoms with Gasteiger partial charge in [0.1, 0.15) is 0 Å². The van der Waals surface area contributed by atoms with Crippen molar-refractivity contribution in [3.8, 4) is 0 Å². The monoisotopic (exact) mass is 422 g/mol. The van der Waals surface area contributed by atoms with Gasteiger partial charge in [0.25, 0.3) is 5.91 Å². The van der Waals surface area contributed by atoms with E-state index in [1.807, 2.05) is 12.1 Å². The van der Waals surface area contributed by atoms with Crippen molar-refractivity contribution in [3.05, 3.63) is 59.7 Å². The smallest absolute Gasteiger partial charge is 0.258 e. The van der Waals surface area contributed by atoms with Crippen molar-refractivity contribution in [1.29, 1.82) is 0 Å². The topological polar surface area (TPSA) is 91.8 Å². The van der Waals surface area contributed by atoms with E-state index < -0.39 is 0 Å². The van der Waals surface area contributed by atoms with Crippen molar-refractivity contribution in [2.45, 2.75) is 45.6 Å². The SMILES string of the molecule is CC(=O)Nc1cccc(C(=O)NC(=NC[C@@H]2CCCO2)Nc2ccc(C(C)C)cc2)c1. The minimum Gasteiger partial charge on any atom is -0.376 e. The lowest BCUT2D eigenvalue weighted by atomic mass is 10.0. The number of aliphatic imine (C=N–C) groups is 1. The summed E-state index contributed by atoms with van der Waals surface area (Å²) in [4.78, 5) is 28.7. The van der Waals surface area contributed by atoms with Crippen LogP contribution in [-0.2, 0) is 9.53 Å². The summed E-state index contributed by atoms with van der Waals surface area (Å²) in [6.07, 6.45) is 2.06. The molecule has 7 nitrogen and oxygen atoms in total. The quantitative estimate of drug-likeness (QED) is 0.482. The minimum atomic E-state index is -0.315. The molecule has 2 aromatic carbocycles. The van der Waals surface area contributed by atoms with E-state index in [0.717, 1.165) is 25.1 Å². The molecule has 7 heteroatoms. The fourth-order valence-corrected chi connectivity index (χ4v) is 3.30. The highest BCUT2D eigenvalue weighted by Gasteiger charge is 2.16. The zero-order chi connectivity index (χ0) is 22.2. The molecule has 2 amide bonds. The van der Waals surface area contributed by atoms with Crippen LogP contribution in [0.3, 0.4) is 0 Å². The Bertz CT molecular complexity index is 932. The van der Waals surface area contributed by atoms with Gasteiger partial charge in [-0.25, -0.2) is 4.99 Å². The van der Waals surface area contributed by atoms with Gasteiger partial charge < -0.3 is 15.4 Å². The van der Waals surface area contributed by atoms with Crippen molar-refractivity contribution in [2.24, 2.45) is 4.99 Å². The normalized spacial score (nSPS) is 16.3. The van der Waals surface area contributed by atoms with Crippen LogP contribution in [-0.4, -0.2) is 37.0 Å². The summed E-state index contributed by atoms with van der Waals surface area (Å²) in [6, 6.07) is 14.8. The molecule has 1 atom stereocenters. The van der Waals surface area contributed by atoms with E-state index in [4.69, 9.17) is 4.74 Å². The Balaban J connectivity index is 1.74. The first-order valence-electron chi connectivity index (χ1n) is 10.6. The lowest BCUT2D eigenvalue weighted by Gasteiger charge is -2.14. The van der Waals surface area contributed by atoms with Crippen molar-refractivity contribution in [1.82, 2.24) is 5.32 Å². The van der Waals surface area contributed by atoms with Gasteiger partial charge in [-0.3, -0.25) is 14.9 Å². The zero-order valence-electron chi connectivity index (χ0n) is 18.3. The van der Waals surface area contributed by atoms with E-state index in [0.29, 0.717) is 29.7 Å². The van der Waals surface area contributed by atoms with E-state index in [1.54, 1.807) is 24.3 Å². The average molecular weight is 423 g/mol. The molecule has 164 valence electrons. The minimum absolute atomic E-state index is 0.0695. The lowest BCUT2D eigenvalue weighted by molar-refractivity contribution is -0.114. The first kappa shape index (κ1) is 22.5. The van der Waals surface area contributed by atoms with Gasteiger partial charge in [0.15, 0.2) is 0 Å². The summed E-state index contributed by atoms with van der Waals surface area (Å²) >= 11 is 0. The predicted octanol–water partition coefficient (Wildman–Crippen LogP) is 4.15. The Morgan fingerprint density at radius 3 is 2.52 bits per heavy atom. The van der Waals surface area contributed by atoms with Crippen LogP contribution in [0.1, 0.15) is 55.5 Å². The maximum atomic E-state index is 12.8. The maximum absolute atomic E-state index is 12.8. The second-order valence-electron chi connectivity index (χ2n) is 7.94. The summed E-state index contributed by atoms with van der Waals surface area (Å²) in [5.74, 6) is 0.299. The van der Waals surface area contributed by atoms with Gasteiger partial charge in [0.2, 0.25) is 11.9 Å². The molecule has 2 aromatic rings. The van der Waals surface area contributed by atoms with Crippen LogP contribution in [0.2, 0.25) is 0 Å². The number of guanidine groups is 1. The number of carbonyl (C=O) groups is 2. The van der Waals surface area contributed by atoms with Gasteiger partial charge in [-0.2, -0.15) is 0 Å². The molecule has 1 aliphatic heterocycles. The standard InChI is InChI=1S/C24H30N4O3/c1-16(2)18-9-11-20(12-10-18)27-24(25-15-22-8-5-13-31-22)28-23(30)19-6-4-7-21(14-19)26-17(3)29/h4,6-7,9-12,14,16,22H,5,8,13,15H2,1-3H3,(H,26,29)(H2,25,27,28,30)/t22-/m0/s1. The number of nitrogens with one attached hydrogen (secondary N) is 3. The molecule has 0 aromatic heterocycles. The maximum Gasteiger partial charge on any atom is 0.258 e. The van der Waals surface area contributed by atoms with Crippen LogP contribution in [0.5, 0.6) is 0 Å². The molecule has 0 radical (unpaired) electrons. The van der Waals surface area contributed by atoms with E-state index in [2.05, 4.69) is 46.9 Å². The highest BCUT2D eigenvalue weighted by molar-refractivity contribution is 6.10. The predicted molar refractivity (Wildman–Crippen MR) is 124 cm³/mol. The average Bonchev–Trinajstić information content (AvgIpc) is 3.26. The first-order valence-corrected chi connectivity index (χ1v) is 10.6. The van der Waals surface area contributed by atoms with E-state index in [9.17, 15) is 9.59 Å². The Morgan fingerprint density at radius 2 is 1.87 bits per heavy atom. The third-order valence-corrected chi connectivity index (χ3v) is 4.99. The zero-order valence-corrected chi connectivity index (χ0v) is 18.3. The molecule has 31 heavy (non-hydrogen) atoms. The van der Waals surface area contributed by atoms with Crippen LogP contribution >= 0.6 is 0 Å². The highest BCUT2D eigenvalue weighted by atomic mass is 16.5. The number of anilines is 2.